The van der Waals surface area contributed by atoms with E-state index in [0.717, 1.165) is 91.4 Å². The number of hydrogen-bond donors (Lipinski definition) is 2. The Kier molecular flexibility index (Phi) is 13.3. The lowest BCUT2D eigenvalue weighted by molar-refractivity contribution is 0.106. The van der Waals surface area contributed by atoms with Gasteiger partial charge in [-0.2, -0.15) is 0 Å². The van der Waals surface area contributed by atoms with Gasteiger partial charge in [0, 0.05) is 48.7 Å². The topological polar surface area (TPSA) is 65.4 Å². The molecule has 0 saturated carbocycles. The number of rotatable bonds is 12. The fourth-order valence-electron chi connectivity index (χ4n) is 5.49. The second-order valence-electron chi connectivity index (χ2n) is 10.7. The van der Waals surface area contributed by atoms with Gasteiger partial charge in [-0.3, -0.25) is 9.80 Å². The third-order valence-corrected chi connectivity index (χ3v) is 9.76. The van der Waals surface area contributed by atoms with Crippen LogP contribution in [0.15, 0.2) is 59.3 Å². The highest BCUT2D eigenvalue weighted by Gasteiger charge is 2.20. The molecule has 2 aliphatic heterocycles. The summed E-state index contributed by atoms with van der Waals surface area (Å²) in [6, 6.07) is 17.3. The van der Waals surface area contributed by atoms with Gasteiger partial charge in [0.1, 0.15) is 0 Å². The van der Waals surface area contributed by atoms with Gasteiger partial charge >= 0.3 is 0 Å². The van der Waals surface area contributed by atoms with Crippen LogP contribution in [0, 0.1) is 0 Å². The molecule has 4 aromatic rings. The molecule has 2 aromatic carbocycles. The molecule has 41 heavy (non-hydrogen) atoms. The number of thiophene rings is 2. The Labute approximate surface area is 257 Å². The molecular weight excluding hydrogens is 576 g/mol. The van der Waals surface area contributed by atoms with Crippen molar-refractivity contribution in [2.45, 2.75) is 37.9 Å². The minimum Gasteiger partial charge on any atom is -0.392 e. The molecule has 224 valence electrons. The standard InChI is InChI=1S/2C16H21NO2S.ClH/c2*18-15-4-7-17(12-15)8-10-19-9-5-13-2-1-3-14-6-11-20-16(13)14;/h2*1-3,6,11,15,18H,4-5,7-10,12H2;1H. The Hall–Kier alpha value is -1.59. The van der Waals surface area contributed by atoms with Crippen molar-refractivity contribution in [3.05, 3.63) is 70.4 Å². The number of halogens is 1. The molecule has 2 fully saturated rings. The number of aliphatic hydroxyl groups is 2. The molecule has 2 saturated heterocycles. The zero-order valence-electron chi connectivity index (χ0n) is 23.7. The van der Waals surface area contributed by atoms with Crippen molar-refractivity contribution in [1.29, 1.82) is 0 Å². The van der Waals surface area contributed by atoms with E-state index in [-0.39, 0.29) is 24.6 Å². The maximum Gasteiger partial charge on any atom is 0.0679 e. The van der Waals surface area contributed by atoms with Crippen LogP contribution in [-0.2, 0) is 22.3 Å². The quantitative estimate of drug-likeness (QED) is 0.205. The maximum atomic E-state index is 9.45. The van der Waals surface area contributed by atoms with Gasteiger partial charge in [0.2, 0.25) is 0 Å². The highest BCUT2D eigenvalue weighted by atomic mass is 35.5. The number of fused-ring (bicyclic) bond motifs is 2. The summed E-state index contributed by atoms with van der Waals surface area (Å²) in [4.78, 5) is 4.54. The lowest BCUT2D eigenvalue weighted by Crippen LogP contribution is -2.26. The smallest absolute Gasteiger partial charge is 0.0679 e. The molecule has 4 heterocycles. The number of β-amino-alcohol motifs (C(OH)–C–C–N with tert-alkyl or cyclic N) is 2. The highest BCUT2D eigenvalue weighted by Crippen LogP contribution is 2.26. The van der Waals surface area contributed by atoms with Crippen molar-refractivity contribution in [2.24, 2.45) is 0 Å². The number of hydrogen-bond acceptors (Lipinski definition) is 8. The highest BCUT2D eigenvalue weighted by molar-refractivity contribution is 7.17. The monoisotopic (exact) mass is 618 g/mol. The molecule has 2 N–H and O–H groups in total. The summed E-state index contributed by atoms with van der Waals surface area (Å²) in [5, 5.41) is 25.9. The predicted molar refractivity (Wildman–Crippen MR) is 174 cm³/mol. The Morgan fingerprint density at radius 1 is 0.659 bits per heavy atom. The van der Waals surface area contributed by atoms with Crippen molar-refractivity contribution >= 4 is 55.3 Å². The average molecular weight is 619 g/mol. The zero-order valence-corrected chi connectivity index (χ0v) is 26.1. The van der Waals surface area contributed by atoms with Crippen LogP contribution < -0.4 is 0 Å². The van der Waals surface area contributed by atoms with E-state index >= 15 is 0 Å². The normalized spacial score (nSPS) is 19.5. The van der Waals surface area contributed by atoms with Crippen LogP contribution in [0.5, 0.6) is 0 Å². The minimum atomic E-state index is -0.133. The second kappa shape index (κ2) is 16.9. The molecule has 0 amide bonds. The first-order valence-electron chi connectivity index (χ1n) is 14.5. The molecule has 6 rings (SSSR count). The minimum absolute atomic E-state index is 0. The van der Waals surface area contributed by atoms with Gasteiger partial charge in [0.25, 0.3) is 0 Å². The van der Waals surface area contributed by atoms with Crippen LogP contribution in [0.4, 0.5) is 0 Å². The molecule has 2 aromatic heterocycles. The lowest BCUT2D eigenvalue weighted by Gasteiger charge is -2.14. The van der Waals surface area contributed by atoms with E-state index in [4.69, 9.17) is 9.47 Å². The number of ether oxygens (including phenoxy) is 2. The summed E-state index contributed by atoms with van der Waals surface area (Å²) < 4.78 is 14.3. The van der Waals surface area contributed by atoms with Gasteiger partial charge in [-0.25, -0.2) is 0 Å². The Morgan fingerprint density at radius 3 is 1.54 bits per heavy atom. The summed E-state index contributed by atoms with van der Waals surface area (Å²) in [5.74, 6) is 0. The first-order chi connectivity index (χ1) is 19.7. The van der Waals surface area contributed by atoms with E-state index in [1.807, 2.05) is 0 Å². The molecular formula is C32H43ClN2O4S2. The molecule has 0 bridgehead atoms. The Bertz CT molecular complexity index is 1220. The van der Waals surface area contributed by atoms with Crippen LogP contribution in [0.1, 0.15) is 24.0 Å². The molecule has 0 spiro atoms. The number of aliphatic hydroxyl groups excluding tert-OH is 2. The summed E-state index contributed by atoms with van der Waals surface area (Å²) in [5.41, 5.74) is 2.77. The molecule has 2 unspecified atom stereocenters. The van der Waals surface area contributed by atoms with E-state index in [1.165, 1.54) is 31.3 Å². The summed E-state index contributed by atoms with van der Waals surface area (Å²) >= 11 is 3.61. The van der Waals surface area contributed by atoms with Crippen LogP contribution in [0.3, 0.4) is 0 Å². The third-order valence-electron chi connectivity index (χ3n) is 7.75. The predicted octanol–water partition coefficient (Wildman–Crippen LogP) is 5.48. The van der Waals surface area contributed by atoms with E-state index in [0.29, 0.717) is 0 Å². The fraction of sp³-hybridized carbons (Fsp3) is 0.500. The van der Waals surface area contributed by atoms with Gasteiger partial charge in [-0.05, 0) is 70.5 Å². The largest absolute Gasteiger partial charge is 0.392 e. The molecule has 2 aliphatic rings. The summed E-state index contributed by atoms with van der Waals surface area (Å²) in [6.45, 7) is 8.52. The Balaban J connectivity index is 0.000000184. The van der Waals surface area contributed by atoms with Gasteiger partial charge in [-0.1, -0.05) is 36.4 Å². The molecule has 0 aliphatic carbocycles. The van der Waals surface area contributed by atoms with Crippen molar-refractivity contribution in [1.82, 2.24) is 9.80 Å². The molecule has 6 nitrogen and oxygen atoms in total. The third kappa shape index (κ3) is 9.71. The summed E-state index contributed by atoms with van der Waals surface area (Å²) in [7, 11) is 0. The van der Waals surface area contributed by atoms with Gasteiger partial charge < -0.3 is 19.7 Å². The maximum absolute atomic E-state index is 9.45. The number of likely N-dealkylation sites (tertiary alicyclic amines) is 2. The molecule has 9 heteroatoms. The van der Waals surface area contributed by atoms with E-state index in [1.54, 1.807) is 22.7 Å². The van der Waals surface area contributed by atoms with E-state index in [9.17, 15) is 10.2 Å². The van der Waals surface area contributed by atoms with E-state index < -0.39 is 0 Å². The molecule has 2 atom stereocenters. The lowest BCUT2D eigenvalue weighted by atomic mass is 10.1. The number of benzene rings is 2. The van der Waals surface area contributed by atoms with Crippen molar-refractivity contribution in [3.8, 4) is 0 Å². The van der Waals surface area contributed by atoms with Gasteiger partial charge in [0.05, 0.1) is 38.6 Å². The number of nitrogens with zero attached hydrogens (tertiary/aromatic N) is 2. The second-order valence-corrected chi connectivity index (χ2v) is 12.6. The van der Waals surface area contributed by atoms with Crippen LogP contribution in [0.25, 0.3) is 20.2 Å². The first kappa shape index (κ1) is 32.3. The first-order valence-corrected chi connectivity index (χ1v) is 16.3. The van der Waals surface area contributed by atoms with Crippen LogP contribution in [0.2, 0.25) is 0 Å². The van der Waals surface area contributed by atoms with Crippen LogP contribution >= 0.6 is 35.1 Å². The zero-order chi connectivity index (χ0) is 27.6. The van der Waals surface area contributed by atoms with Crippen molar-refractivity contribution in [2.75, 3.05) is 65.7 Å². The van der Waals surface area contributed by atoms with Gasteiger partial charge in [-0.15, -0.1) is 35.1 Å². The Morgan fingerprint density at radius 2 is 1.12 bits per heavy atom. The fourth-order valence-corrected chi connectivity index (χ4v) is 7.38. The SMILES string of the molecule is Cl.OC1CCN(CCOCCc2cccc3ccsc23)C1.OC1CCN(CCOCCc2cccc3ccsc23)C1. The van der Waals surface area contributed by atoms with Crippen molar-refractivity contribution < 1.29 is 19.7 Å². The average Bonchev–Trinajstić information content (AvgIpc) is 3.77. The summed E-state index contributed by atoms with van der Waals surface area (Å²) in [6.07, 6.45) is 3.49. The molecule has 0 radical (unpaired) electrons. The van der Waals surface area contributed by atoms with Crippen LogP contribution in [-0.4, -0.2) is 97.9 Å². The van der Waals surface area contributed by atoms with Crippen molar-refractivity contribution in [3.63, 3.8) is 0 Å². The van der Waals surface area contributed by atoms with E-state index in [2.05, 4.69) is 69.1 Å². The van der Waals surface area contributed by atoms with Gasteiger partial charge in [0.15, 0.2) is 0 Å².